The fourth-order valence-corrected chi connectivity index (χ4v) is 2.10. The Morgan fingerprint density at radius 1 is 0.944 bits per heavy atom. The van der Waals surface area contributed by atoms with Crippen LogP contribution in [0.5, 0.6) is 5.75 Å². The molecular formula is C14H13Cl2NO. The van der Waals surface area contributed by atoms with Crippen LogP contribution >= 0.6 is 23.2 Å². The van der Waals surface area contributed by atoms with E-state index in [0.717, 1.165) is 5.56 Å². The third kappa shape index (κ3) is 3.16. The molecule has 94 valence electrons. The molecule has 4 heteroatoms. The minimum Gasteiger partial charge on any atom is -0.488 e. The second-order valence-electron chi connectivity index (χ2n) is 3.88. The summed E-state index contributed by atoms with van der Waals surface area (Å²) in [5.74, 6) is 0.479. The first-order valence-electron chi connectivity index (χ1n) is 5.56. The van der Waals surface area contributed by atoms with Crippen LogP contribution < -0.4 is 10.5 Å². The Morgan fingerprint density at radius 3 is 2.17 bits per heavy atom. The van der Waals surface area contributed by atoms with E-state index in [2.05, 4.69) is 0 Å². The molecule has 2 nitrogen and oxygen atoms in total. The largest absolute Gasteiger partial charge is 0.488 e. The second-order valence-corrected chi connectivity index (χ2v) is 4.69. The number of halogens is 2. The van der Waals surface area contributed by atoms with E-state index < -0.39 is 0 Å². The molecule has 2 aromatic rings. The number of benzene rings is 2. The summed E-state index contributed by atoms with van der Waals surface area (Å²) in [7, 11) is 0. The van der Waals surface area contributed by atoms with Gasteiger partial charge in [-0.05, 0) is 17.7 Å². The highest BCUT2D eigenvalue weighted by Gasteiger charge is 2.10. The monoisotopic (exact) mass is 281 g/mol. The van der Waals surface area contributed by atoms with Crippen molar-refractivity contribution in [3.8, 4) is 5.75 Å². The van der Waals surface area contributed by atoms with Gasteiger partial charge in [0, 0.05) is 0 Å². The van der Waals surface area contributed by atoms with Gasteiger partial charge in [0.15, 0.2) is 5.75 Å². The lowest BCUT2D eigenvalue weighted by atomic mass is 10.1. The van der Waals surface area contributed by atoms with Crippen LogP contribution in [0.2, 0.25) is 10.0 Å². The third-order valence-corrected chi connectivity index (χ3v) is 3.15. The average Bonchev–Trinajstić information content (AvgIpc) is 2.39. The van der Waals surface area contributed by atoms with E-state index in [9.17, 15) is 0 Å². The summed E-state index contributed by atoms with van der Waals surface area (Å²) >= 11 is 12.0. The van der Waals surface area contributed by atoms with Gasteiger partial charge in [0.25, 0.3) is 0 Å². The molecule has 0 bridgehead atoms. The van der Waals surface area contributed by atoms with Gasteiger partial charge in [0.2, 0.25) is 0 Å². The molecule has 2 rings (SSSR count). The predicted octanol–water partition coefficient (Wildman–Crippen LogP) is 4.07. The van der Waals surface area contributed by atoms with Gasteiger partial charge in [-0.15, -0.1) is 0 Å². The Labute approximate surface area is 116 Å². The van der Waals surface area contributed by atoms with Crippen molar-refractivity contribution in [2.45, 2.75) is 6.04 Å². The zero-order valence-corrected chi connectivity index (χ0v) is 11.2. The number of ether oxygens (including phenoxy) is 1. The summed E-state index contributed by atoms with van der Waals surface area (Å²) in [6.07, 6.45) is 0. The van der Waals surface area contributed by atoms with Gasteiger partial charge >= 0.3 is 0 Å². The number of hydrogen-bond donors (Lipinski definition) is 1. The fraction of sp³-hybridized carbons (Fsp3) is 0.143. The van der Waals surface area contributed by atoms with E-state index in [1.165, 1.54) is 0 Å². The number of nitrogens with two attached hydrogens (primary N) is 1. The van der Waals surface area contributed by atoms with Gasteiger partial charge in [-0.2, -0.15) is 0 Å². The van der Waals surface area contributed by atoms with Crippen molar-refractivity contribution < 1.29 is 4.74 Å². The molecule has 0 heterocycles. The van der Waals surface area contributed by atoms with E-state index in [1.54, 1.807) is 18.2 Å². The maximum Gasteiger partial charge on any atom is 0.156 e. The van der Waals surface area contributed by atoms with Gasteiger partial charge in [-0.3, -0.25) is 0 Å². The van der Waals surface area contributed by atoms with Crippen molar-refractivity contribution in [2.24, 2.45) is 5.73 Å². The molecular weight excluding hydrogens is 269 g/mol. The van der Waals surface area contributed by atoms with Crippen molar-refractivity contribution in [1.29, 1.82) is 0 Å². The van der Waals surface area contributed by atoms with Crippen molar-refractivity contribution in [2.75, 3.05) is 6.61 Å². The van der Waals surface area contributed by atoms with E-state index in [1.807, 2.05) is 30.3 Å². The summed E-state index contributed by atoms with van der Waals surface area (Å²) in [6, 6.07) is 14.8. The Kier molecular flexibility index (Phi) is 4.48. The maximum atomic E-state index is 6.03. The summed E-state index contributed by atoms with van der Waals surface area (Å²) < 4.78 is 5.59. The highest BCUT2D eigenvalue weighted by Crippen LogP contribution is 2.32. The normalized spacial score (nSPS) is 12.2. The van der Waals surface area contributed by atoms with Crippen LogP contribution in [0.1, 0.15) is 11.6 Å². The van der Waals surface area contributed by atoms with Crippen molar-refractivity contribution in [1.82, 2.24) is 0 Å². The highest BCUT2D eigenvalue weighted by atomic mass is 35.5. The topological polar surface area (TPSA) is 35.2 Å². The predicted molar refractivity (Wildman–Crippen MR) is 75.3 cm³/mol. The van der Waals surface area contributed by atoms with E-state index in [0.29, 0.717) is 22.4 Å². The zero-order chi connectivity index (χ0) is 13.0. The van der Waals surface area contributed by atoms with Gasteiger partial charge in [-0.1, -0.05) is 59.6 Å². The molecule has 1 atom stereocenters. The van der Waals surface area contributed by atoms with Gasteiger partial charge in [0.1, 0.15) is 6.61 Å². The SMILES string of the molecule is NC(COc1c(Cl)cccc1Cl)c1ccccc1. The minimum absolute atomic E-state index is 0.210. The highest BCUT2D eigenvalue weighted by molar-refractivity contribution is 6.37. The molecule has 2 aromatic carbocycles. The molecule has 1 unspecified atom stereocenters. The standard InChI is InChI=1S/C14H13Cl2NO/c15-11-7-4-8-12(16)14(11)18-9-13(17)10-5-2-1-3-6-10/h1-8,13H,9,17H2. The summed E-state index contributed by atoms with van der Waals surface area (Å²) in [6.45, 7) is 0.327. The molecule has 0 fully saturated rings. The Morgan fingerprint density at radius 2 is 1.56 bits per heavy atom. The van der Waals surface area contributed by atoms with Gasteiger partial charge in [-0.25, -0.2) is 0 Å². The molecule has 0 saturated carbocycles. The summed E-state index contributed by atoms with van der Waals surface area (Å²) in [5, 5.41) is 0.977. The van der Waals surface area contributed by atoms with Crippen molar-refractivity contribution in [3.05, 3.63) is 64.1 Å². The number of para-hydroxylation sites is 1. The molecule has 18 heavy (non-hydrogen) atoms. The smallest absolute Gasteiger partial charge is 0.156 e. The lowest BCUT2D eigenvalue weighted by molar-refractivity contribution is 0.291. The van der Waals surface area contributed by atoms with Crippen LogP contribution in [0.4, 0.5) is 0 Å². The second kappa shape index (κ2) is 6.10. The molecule has 2 N–H and O–H groups in total. The molecule has 0 aromatic heterocycles. The molecule has 0 radical (unpaired) electrons. The van der Waals surface area contributed by atoms with E-state index in [4.69, 9.17) is 33.7 Å². The first kappa shape index (κ1) is 13.2. The van der Waals surface area contributed by atoms with Crippen LogP contribution in [0.25, 0.3) is 0 Å². The Hall–Kier alpha value is -1.22. The van der Waals surface area contributed by atoms with Crippen molar-refractivity contribution in [3.63, 3.8) is 0 Å². The zero-order valence-electron chi connectivity index (χ0n) is 9.64. The molecule has 0 aliphatic carbocycles. The Bertz CT molecular complexity index is 496. The van der Waals surface area contributed by atoms with Gasteiger partial charge < -0.3 is 10.5 Å². The van der Waals surface area contributed by atoms with Crippen LogP contribution in [0.3, 0.4) is 0 Å². The Balaban J connectivity index is 2.04. The first-order valence-corrected chi connectivity index (χ1v) is 6.31. The number of rotatable bonds is 4. The first-order chi connectivity index (χ1) is 8.68. The lowest BCUT2D eigenvalue weighted by Gasteiger charge is -2.15. The van der Waals surface area contributed by atoms with E-state index >= 15 is 0 Å². The summed E-state index contributed by atoms with van der Waals surface area (Å²) in [5.41, 5.74) is 7.05. The molecule has 0 aliphatic rings. The van der Waals surface area contributed by atoms with E-state index in [-0.39, 0.29) is 6.04 Å². The summed E-state index contributed by atoms with van der Waals surface area (Å²) in [4.78, 5) is 0. The quantitative estimate of drug-likeness (QED) is 0.917. The van der Waals surface area contributed by atoms with Crippen LogP contribution in [-0.4, -0.2) is 6.61 Å². The molecule has 0 amide bonds. The van der Waals surface area contributed by atoms with Gasteiger partial charge in [0.05, 0.1) is 16.1 Å². The lowest BCUT2D eigenvalue weighted by Crippen LogP contribution is -2.19. The van der Waals surface area contributed by atoms with Crippen LogP contribution in [0.15, 0.2) is 48.5 Å². The molecule has 0 spiro atoms. The maximum absolute atomic E-state index is 6.03. The minimum atomic E-state index is -0.210. The fourth-order valence-electron chi connectivity index (χ4n) is 1.59. The molecule has 0 saturated heterocycles. The van der Waals surface area contributed by atoms with Crippen molar-refractivity contribution >= 4 is 23.2 Å². The molecule has 0 aliphatic heterocycles. The van der Waals surface area contributed by atoms with Crippen LogP contribution in [-0.2, 0) is 0 Å². The average molecular weight is 282 g/mol. The van der Waals surface area contributed by atoms with Crippen LogP contribution in [0, 0.1) is 0 Å². The number of hydrogen-bond acceptors (Lipinski definition) is 2. The third-order valence-electron chi connectivity index (χ3n) is 2.55.